The Morgan fingerprint density at radius 2 is 1.70 bits per heavy atom. The zero-order valence-electron chi connectivity index (χ0n) is 20.7. The summed E-state index contributed by atoms with van der Waals surface area (Å²) in [6.45, 7) is 2.87. The number of carbonyl (C=O) groups is 2. The van der Waals surface area contributed by atoms with Gasteiger partial charge in [0.1, 0.15) is 36.8 Å². The molecule has 3 rings (SSSR count). The number of hydrogen-bond acceptors (Lipinski definition) is 9. The van der Waals surface area contributed by atoms with E-state index in [1.807, 2.05) is 37.3 Å². The van der Waals surface area contributed by atoms with E-state index >= 15 is 0 Å². The van der Waals surface area contributed by atoms with E-state index < -0.39 is 42.8 Å². The number of aliphatic hydroxyl groups excluding tert-OH is 3. The minimum Gasteiger partial charge on any atom is -0.490 e. The van der Waals surface area contributed by atoms with Crippen LogP contribution in [0.2, 0.25) is 0 Å². The molecule has 6 unspecified atom stereocenters. The van der Waals surface area contributed by atoms with E-state index in [0.29, 0.717) is 30.7 Å². The summed E-state index contributed by atoms with van der Waals surface area (Å²) in [7, 11) is 0. The summed E-state index contributed by atoms with van der Waals surface area (Å²) in [6.07, 6.45) is -7.53. The highest BCUT2D eigenvalue weighted by Crippen LogP contribution is 2.25. The Kier molecular flexibility index (Phi) is 11.0. The highest BCUT2D eigenvalue weighted by atomic mass is 16.7. The van der Waals surface area contributed by atoms with Gasteiger partial charge in [-0.3, -0.25) is 4.79 Å². The Bertz CT molecular complexity index is 1000. The summed E-state index contributed by atoms with van der Waals surface area (Å²) < 4.78 is 17.0. The van der Waals surface area contributed by atoms with Crippen LogP contribution < -0.4 is 10.1 Å². The Balaban J connectivity index is 1.67. The monoisotopic (exact) mass is 517 g/mol. The summed E-state index contributed by atoms with van der Waals surface area (Å²) in [5.74, 6) is -1.20. The van der Waals surface area contributed by atoms with Crippen molar-refractivity contribution in [3.8, 4) is 5.75 Å². The third kappa shape index (κ3) is 8.06. The average Bonchev–Trinajstić information content (AvgIpc) is 2.91. The molecule has 0 spiro atoms. The summed E-state index contributed by atoms with van der Waals surface area (Å²) in [4.78, 5) is 24.4. The van der Waals surface area contributed by atoms with Crippen LogP contribution in [0.3, 0.4) is 0 Å². The van der Waals surface area contributed by atoms with Gasteiger partial charge < -0.3 is 40.0 Å². The molecule has 202 valence electrons. The van der Waals surface area contributed by atoms with E-state index in [9.17, 15) is 30.0 Å². The molecule has 2 aromatic carbocycles. The maximum Gasteiger partial charge on any atom is 0.335 e. The van der Waals surface area contributed by atoms with E-state index in [1.165, 1.54) is 0 Å². The van der Waals surface area contributed by atoms with Gasteiger partial charge in [-0.05, 0) is 37.1 Å². The molecule has 1 aliphatic rings. The van der Waals surface area contributed by atoms with Gasteiger partial charge in [-0.25, -0.2) is 4.79 Å². The topological polar surface area (TPSA) is 155 Å². The van der Waals surface area contributed by atoms with Crippen LogP contribution in [0.5, 0.6) is 5.75 Å². The Morgan fingerprint density at radius 3 is 2.41 bits per heavy atom. The summed E-state index contributed by atoms with van der Waals surface area (Å²) >= 11 is 0. The molecule has 1 heterocycles. The molecule has 1 aliphatic heterocycles. The molecule has 0 aliphatic carbocycles. The number of para-hydroxylation sites is 1. The number of aliphatic hydroxyl groups is 3. The molecule has 1 saturated heterocycles. The largest absolute Gasteiger partial charge is 0.490 e. The fourth-order valence-corrected chi connectivity index (χ4v) is 3.98. The minimum atomic E-state index is -1.81. The summed E-state index contributed by atoms with van der Waals surface area (Å²) in [6, 6.07) is 16.6. The molecule has 2 aromatic rings. The SMILES string of the molecule is CCCNCC(COc1ccccc1C(=O)CCc1ccccc1)OC1OC(C(=O)O)C(O)C(O)C1O. The highest BCUT2D eigenvalue weighted by molar-refractivity contribution is 5.98. The van der Waals surface area contributed by atoms with Gasteiger partial charge >= 0.3 is 5.97 Å². The van der Waals surface area contributed by atoms with Gasteiger partial charge in [-0.1, -0.05) is 49.4 Å². The first-order valence-corrected chi connectivity index (χ1v) is 12.4. The molecule has 1 fully saturated rings. The molecule has 5 N–H and O–H groups in total. The second-order valence-corrected chi connectivity index (χ2v) is 8.91. The average molecular weight is 518 g/mol. The molecular weight excluding hydrogens is 482 g/mol. The number of carboxylic acid groups (broad SMARTS) is 1. The summed E-state index contributed by atoms with van der Waals surface area (Å²) in [5.41, 5.74) is 1.49. The van der Waals surface area contributed by atoms with Gasteiger partial charge in [0.15, 0.2) is 18.2 Å². The smallest absolute Gasteiger partial charge is 0.335 e. The molecule has 10 nitrogen and oxygen atoms in total. The van der Waals surface area contributed by atoms with Crippen molar-refractivity contribution in [1.29, 1.82) is 0 Å². The quantitative estimate of drug-likeness (QED) is 0.182. The van der Waals surface area contributed by atoms with E-state index in [0.717, 1.165) is 12.0 Å². The second-order valence-electron chi connectivity index (χ2n) is 8.91. The third-order valence-electron chi connectivity index (χ3n) is 6.03. The predicted molar refractivity (Wildman–Crippen MR) is 133 cm³/mol. The van der Waals surface area contributed by atoms with Crippen LogP contribution in [0.15, 0.2) is 54.6 Å². The number of carbonyl (C=O) groups excluding carboxylic acids is 1. The zero-order chi connectivity index (χ0) is 26.8. The highest BCUT2D eigenvalue weighted by Gasteiger charge is 2.48. The van der Waals surface area contributed by atoms with Crippen molar-refractivity contribution in [2.24, 2.45) is 0 Å². The second kappa shape index (κ2) is 14.2. The first-order valence-electron chi connectivity index (χ1n) is 12.4. The van der Waals surface area contributed by atoms with Crippen molar-refractivity contribution in [3.63, 3.8) is 0 Å². The zero-order valence-corrected chi connectivity index (χ0v) is 20.7. The van der Waals surface area contributed by atoms with Crippen LogP contribution in [0.1, 0.15) is 35.7 Å². The molecule has 10 heteroatoms. The molecular formula is C27H35NO9. The Hall–Kier alpha value is -2.86. The summed E-state index contributed by atoms with van der Waals surface area (Å²) in [5, 5.41) is 42.8. The van der Waals surface area contributed by atoms with Crippen molar-refractivity contribution in [1.82, 2.24) is 5.32 Å². The number of aliphatic carboxylic acids is 1. The number of nitrogens with one attached hydrogen (secondary N) is 1. The van der Waals surface area contributed by atoms with Crippen molar-refractivity contribution in [2.45, 2.75) is 63.0 Å². The molecule has 0 amide bonds. The lowest BCUT2D eigenvalue weighted by atomic mass is 9.99. The fourth-order valence-electron chi connectivity index (χ4n) is 3.98. The maximum atomic E-state index is 12.9. The standard InChI is InChI=1S/C27H35NO9/c1-2-14-28-15-18(36-27-24(32)22(30)23(31)25(37-27)26(33)34)16-35-21-11-7-6-10-19(21)20(29)13-12-17-8-4-3-5-9-17/h3-11,18,22-25,27-28,30-32H,2,12-16H2,1H3,(H,33,34). The van der Waals surface area contributed by atoms with Crippen molar-refractivity contribution >= 4 is 11.8 Å². The van der Waals surface area contributed by atoms with E-state index in [4.69, 9.17) is 14.2 Å². The van der Waals surface area contributed by atoms with Crippen LogP contribution in [0.4, 0.5) is 0 Å². The van der Waals surface area contributed by atoms with Crippen molar-refractivity contribution in [3.05, 3.63) is 65.7 Å². The predicted octanol–water partition coefficient (Wildman–Crippen LogP) is 1.16. The lowest BCUT2D eigenvalue weighted by molar-refractivity contribution is -0.305. The molecule has 0 saturated carbocycles. The number of Topliss-reactive ketones (excluding diaryl/α,β-unsaturated/α-hetero) is 1. The van der Waals surface area contributed by atoms with Gasteiger partial charge in [-0.2, -0.15) is 0 Å². The lowest BCUT2D eigenvalue weighted by Crippen LogP contribution is -2.61. The fraction of sp³-hybridized carbons (Fsp3) is 0.481. The Morgan fingerprint density at radius 1 is 1.00 bits per heavy atom. The van der Waals surface area contributed by atoms with Gasteiger partial charge in [0.25, 0.3) is 0 Å². The normalized spacial score (nSPS) is 24.4. The maximum absolute atomic E-state index is 12.9. The molecule has 0 aromatic heterocycles. The van der Waals surface area contributed by atoms with Gasteiger partial charge in [-0.15, -0.1) is 0 Å². The first-order chi connectivity index (χ1) is 17.8. The van der Waals surface area contributed by atoms with Crippen molar-refractivity contribution < 1.29 is 44.2 Å². The number of rotatable bonds is 14. The van der Waals surface area contributed by atoms with Crippen LogP contribution in [0.25, 0.3) is 0 Å². The van der Waals surface area contributed by atoms with E-state index in [1.54, 1.807) is 24.3 Å². The van der Waals surface area contributed by atoms with Gasteiger partial charge in [0.05, 0.1) is 5.56 Å². The molecule has 37 heavy (non-hydrogen) atoms. The number of aryl methyl sites for hydroxylation is 1. The number of ketones is 1. The number of carboxylic acids is 1. The van der Waals surface area contributed by atoms with Crippen molar-refractivity contribution in [2.75, 3.05) is 19.7 Å². The molecule has 0 radical (unpaired) electrons. The number of hydrogen-bond donors (Lipinski definition) is 5. The van der Waals surface area contributed by atoms with Crippen LogP contribution in [-0.4, -0.2) is 88.7 Å². The first kappa shape index (κ1) is 28.7. The number of benzene rings is 2. The molecule has 6 atom stereocenters. The third-order valence-corrected chi connectivity index (χ3v) is 6.03. The number of ether oxygens (including phenoxy) is 3. The molecule has 0 bridgehead atoms. The van der Waals surface area contributed by atoms with Crippen LogP contribution in [0, 0.1) is 0 Å². The minimum absolute atomic E-state index is 0.0529. The van der Waals surface area contributed by atoms with Crippen LogP contribution in [-0.2, 0) is 20.7 Å². The Labute approximate surface area is 215 Å². The van der Waals surface area contributed by atoms with Gasteiger partial charge in [0.2, 0.25) is 0 Å². The van der Waals surface area contributed by atoms with E-state index in [2.05, 4.69) is 5.32 Å². The van der Waals surface area contributed by atoms with Gasteiger partial charge in [0, 0.05) is 13.0 Å². The van der Waals surface area contributed by atoms with E-state index in [-0.39, 0.29) is 18.9 Å². The lowest BCUT2D eigenvalue weighted by Gasteiger charge is -2.39. The van der Waals surface area contributed by atoms with Crippen LogP contribution >= 0.6 is 0 Å².